The first-order valence-corrected chi connectivity index (χ1v) is 11.3. The van der Waals surface area contributed by atoms with Crippen LogP contribution in [0.2, 0.25) is 0 Å². The van der Waals surface area contributed by atoms with Crippen molar-refractivity contribution in [3.8, 4) is 17.2 Å². The first-order chi connectivity index (χ1) is 14.6. The number of nitrogens with one attached hydrogen (secondary N) is 1. The van der Waals surface area contributed by atoms with Crippen molar-refractivity contribution in [2.24, 2.45) is 5.10 Å². The molecule has 168 valence electrons. The Bertz CT molecular complexity index is 1020. The number of carbonyl (C=O) groups is 1. The number of anilines is 1. The standard InChI is InChI=1S/C21H27N3O6S/c1-15(2)30-17-8-6-16(7-9-17)13-22-23-21(25)14-24(31(5,26)27)19-12-18(28-3)10-11-20(19)29-4/h6-13,15H,14H2,1-5H3,(H,23,25)/b22-13-. The van der Waals surface area contributed by atoms with E-state index in [4.69, 9.17) is 14.2 Å². The second-order valence-electron chi connectivity index (χ2n) is 6.84. The van der Waals surface area contributed by atoms with Gasteiger partial charge in [-0.1, -0.05) is 0 Å². The van der Waals surface area contributed by atoms with Gasteiger partial charge >= 0.3 is 0 Å². The highest BCUT2D eigenvalue weighted by Crippen LogP contribution is 2.33. The van der Waals surface area contributed by atoms with Crippen molar-refractivity contribution in [2.75, 3.05) is 31.3 Å². The van der Waals surface area contributed by atoms with Crippen molar-refractivity contribution in [1.82, 2.24) is 5.43 Å². The lowest BCUT2D eigenvalue weighted by Gasteiger charge is -2.23. The number of hydrazone groups is 1. The van der Waals surface area contributed by atoms with Crippen LogP contribution in [-0.4, -0.2) is 53.7 Å². The smallest absolute Gasteiger partial charge is 0.260 e. The van der Waals surface area contributed by atoms with E-state index < -0.39 is 22.5 Å². The largest absolute Gasteiger partial charge is 0.497 e. The molecule has 0 aliphatic heterocycles. The topological polar surface area (TPSA) is 107 Å². The third-order valence-corrected chi connectivity index (χ3v) is 5.12. The summed E-state index contributed by atoms with van der Waals surface area (Å²) < 4.78 is 41.6. The average Bonchev–Trinajstić information content (AvgIpc) is 2.71. The molecule has 2 rings (SSSR count). The van der Waals surface area contributed by atoms with Gasteiger partial charge in [0.25, 0.3) is 5.91 Å². The molecule has 0 aliphatic rings. The van der Waals surface area contributed by atoms with Gasteiger partial charge in [-0.25, -0.2) is 13.8 Å². The summed E-state index contributed by atoms with van der Waals surface area (Å²) in [5, 5.41) is 3.89. The maximum Gasteiger partial charge on any atom is 0.260 e. The maximum absolute atomic E-state index is 12.4. The quantitative estimate of drug-likeness (QED) is 0.441. The number of ether oxygens (including phenoxy) is 3. The lowest BCUT2D eigenvalue weighted by atomic mass is 10.2. The molecule has 0 heterocycles. The van der Waals surface area contributed by atoms with Crippen LogP contribution in [0.25, 0.3) is 0 Å². The van der Waals surface area contributed by atoms with Gasteiger partial charge in [-0.2, -0.15) is 5.10 Å². The van der Waals surface area contributed by atoms with E-state index in [-0.39, 0.29) is 17.5 Å². The van der Waals surface area contributed by atoms with Crippen LogP contribution < -0.4 is 23.9 Å². The number of rotatable bonds is 10. The first-order valence-electron chi connectivity index (χ1n) is 9.42. The van der Waals surface area contributed by atoms with E-state index in [0.717, 1.165) is 21.9 Å². The molecule has 0 unspecified atom stereocenters. The SMILES string of the molecule is COc1ccc(OC)c(N(CC(=O)N/N=C\c2ccc(OC(C)C)cc2)S(C)(=O)=O)c1. The Labute approximate surface area is 182 Å². The number of carbonyl (C=O) groups excluding carboxylic acids is 1. The van der Waals surface area contributed by atoms with Gasteiger partial charge in [0.15, 0.2) is 0 Å². The number of nitrogens with zero attached hydrogens (tertiary/aromatic N) is 2. The highest BCUT2D eigenvalue weighted by molar-refractivity contribution is 7.92. The minimum absolute atomic E-state index is 0.0693. The van der Waals surface area contributed by atoms with E-state index >= 15 is 0 Å². The zero-order valence-corrected chi connectivity index (χ0v) is 19.0. The molecule has 0 aromatic heterocycles. The van der Waals surface area contributed by atoms with Crippen LogP contribution in [0.4, 0.5) is 5.69 Å². The third kappa shape index (κ3) is 7.18. The maximum atomic E-state index is 12.4. The Balaban J connectivity index is 2.11. The molecule has 0 spiro atoms. The molecule has 0 aliphatic carbocycles. The Morgan fingerprint density at radius 2 is 1.74 bits per heavy atom. The van der Waals surface area contributed by atoms with E-state index in [2.05, 4.69) is 10.5 Å². The molecule has 1 N–H and O–H groups in total. The zero-order valence-electron chi connectivity index (χ0n) is 18.2. The molecule has 0 saturated heterocycles. The molecule has 2 aromatic carbocycles. The predicted molar refractivity (Wildman–Crippen MR) is 120 cm³/mol. The Morgan fingerprint density at radius 1 is 1.10 bits per heavy atom. The molecule has 2 aromatic rings. The second-order valence-corrected chi connectivity index (χ2v) is 8.74. The van der Waals surface area contributed by atoms with Gasteiger partial charge in [0, 0.05) is 6.07 Å². The van der Waals surface area contributed by atoms with Gasteiger partial charge in [-0.15, -0.1) is 0 Å². The molecular weight excluding hydrogens is 422 g/mol. The summed E-state index contributed by atoms with van der Waals surface area (Å²) in [6.07, 6.45) is 2.52. The number of amides is 1. The monoisotopic (exact) mass is 449 g/mol. The van der Waals surface area contributed by atoms with Gasteiger partial charge in [-0.05, 0) is 55.8 Å². The van der Waals surface area contributed by atoms with Gasteiger partial charge < -0.3 is 14.2 Å². The molecule has 31 heavy (non-hydrogen) atoms. The van der Waals surface area contributed by atoms with Crippen molar-refractivity contribution in [3.05, 3.63) is 48.0 Å². The fourth-order valence-electron chi connectivity index (χ4n) is 2.62. The highest BCUT2D eigenvalue weighted by Gasteiger charge is 2.24. The summed E-state index contributed by atoms with van der Waals surface area (Å²) >= 11 is 0. The average molecular weight is 450 g/mol. The fourth-order valence-corrected chi connectivity index (χ4v) is 3.47. The molecular formula is C21H27N3O6S. The van der Waals surface area contributed by atoms with Crippen molar-refractivity contribution in [3.63, 3.8) is 0 Å². The highest BCUT2D eigenvalue weighted by atomic mass is 32.2. The van der Waals surface area contributed by atoms with Crippen LogP contribution in [0, 0.1) is 0 Å². The molecule has 0 bridgehead atoms. The van der Waals surface area contributed by atoms with Crippen molar-refractivity contribution in [2.45, 2.75) is 20.0 Å². The third-order valence-electron chi connectivity index (χ3n) is 4.00. The number of hydrogen-bond acceptors (Lipinski definition) is 7. The van der Waals surface area contributed by atoms with Crippen LogP contribution in [0.15, 0.2) is 47.6 Å². The lowest BCUT2D eigenvalue weighted by molar-refractivity contribution is -0.119. The number of sulfonamides is 1. The van der Waals surface area contributed by atoms with Crippen LogP contribution >= 0.6 is 0 Å². The van der Waals surface area contributed by atoms with E-state index in [9.17, 15) is 13.2 Å². The molecule has 0 fully saturated rings. The summed E-state index contributed by atoms with van der Waals surface area (Å²) in [4.78, 5) is 12.4. The van der Waals surface area contributed by atoms with Crippen LogP contribution in [-0.2, 0) is 14.8 Å². The zero-order chi connectivity index (χ0) is 23.0. The van der Waals surface area contributed by atoms with E-state index in [0.29, 0.717) is 5.75 Å². The van der Waals surface area contributed by atoms with Gasteiger partial charge in [0.1, 0.15) is 23.8 Å². The Morgan fingerprint density at radius 3 is 2.29 bits per heavy atom. The van der Waals surface area contributed by atoms with E-state index in [1.54, 1.807) is 36.4 Å². The molecule has 9 nitrogen and oxygen atoms in total. The summed E-state index contributed by atoms with van der Waals surface area (Å²) in [5.74, 6) is 0.817. The number of methoxy groups -OCH3 is 2. The van der Waals surface area contributed by atoms with Crippen LogP contribution in [0.5, 0.6) is 17.2 Å². The van der Waals surface area contributed by atoms with E-state index in [1.165, 1.54) is 26.5 Å². The van der Waals surface area contributed by atoms with E-state index in [1.807, 2.05) is 13.8 Å². The summed E-state index contributed by atoms with van der Waals surface area (Å²) in [7, 11) is -0.923. The number of benzene rings is 2. The molecule has 0 atom stereocenters. The van der Waals surface area contributed by atoms with Crippen molar-refractivity contribution < 1.29 is 27.4 Å². The minimum atomic E-state index is -3.79. The summed E-state index contributed by atoms with van der Waals surface area (Å²) in [5.41, 5.74) is 3.26. The lowest BCUT2D eigenvalue weighted by Crippen LogP contribution is -2.39. The van der Waals surface area contributed by atoms with Gasteiger partial charge in [0.05, 0.1) is 38.5 Å². The molecule has 1 amide bonds. The van der Waals surface area contributed by atoms with Gasteiger partial charge in [-0.3, -0.25) is 9.10 Å². The predicted octanol–water partition coefficient (Wildman–Crippen LogP) is 2.41. The molecule has 0 radical (unpaired) electrons. The molecule has 10 heteroatoms. The first kappa shape index (κ1) is 24.0. The van der Waals surface area contributed by atoms with Crippen molar-refractivity contribution >= 4 is 27.8 Å². The summed E-state index contributed by atoms with van der Waals surface area (Å²) in [6.45, 7) is 3.39. The molecule has 0 saturated carbocycles. The Kier molecular flexibility index (Phi) is 8.26. The normalized spacial score (nSPS) is 11.4. The Hall–Kier alpha value is -3.27. The number of hydrogen-bond donors (Lipinski definition) is 1. The second kappa shape index (κ2) is 10.7. The van der Waals surface area contributed by atoms with Crippen LogP contribution in [0.3, 0.4) is 0 Å². The van der Waals surface area contributed by atoms with Crippen molar-refractivity contribution in [1.29, 1.82) is 0 Å². The summed E-state index contributed by atoms with van der Waals surface area (Å²) in [6, 6.07) is 11.8. The minimum Gasteiger partial charge on any atom is -0.497 e. The fraction of sp³-hybridized carbons (Fsp3) is 0.333. The van der Waals surface area contributed by atoms with Crippen LogP contribution in [0.1, 0.15) is 19.4 Å². The van der Waals surface area contributed by atoms with Gasteiger partial charge in [0.2, 0.25) is 10.0 Å².